The average Bonchev–Trinajstić information content (AvgIpc) is 3.08. The van der Waals surface area contributed by atoms with E-state index in [2.05, 4.69) is 15.4 Å². The number of rotatable bonds is 4. The Balaban J connectivity index is 1.74. The molecule has 0 aliphatic carbocycles. The van der Waals surface area contributed by atoms with Crippen molar-refractivity contribution in [3.8, 4) is 5.69 Å². The standard InChI is InChI=1S/C14H14FN5/c1-19-5-4-11(8-19)7-17-12-2-3-14(13(15)6-12)20-10-16-9-18-20/h2-6,8-10,17H,7H2,1H3. The zero-order chi connectivity index (χ0) is 13.9. The van der Waals surface area contributed by atoms with E-state index >= 15 is 0 Å². The van der Waals surface area contributed by atoms with E-state index in [1.807, 2.05) is 36.1 Å². The fraction of sp³-hybridized carbons (Fsp3) is 0.143. The summed E-state index contributed by atoms with van der Waals surface area (Å²) >= 11 is 0. The minimum Gasteiger partial charge on any atom is -0.381 e. The molecule has 0 aliphatic heterocycles. The van der Waals surface area contributed by atoms with Gasteiger partial charge in [0.15, 0.2) is 5.82 Å². The second kappa shape index (κ2) is 5.16. The highest BCUT2D eigenvalue weighted by Gasteiger charge is 2.06. The van der Waals surface area contributed by atoms with Crippen molar-refractivity contribution < 1.29 is 4.39 Å². The van der Waals surface area contributed by atoms with Crippen molar-refractivity contribution in [2.45, 2.75) is 6.54 Å². The summed E-state index contributed by atoms with van der Waals surface area (Å²) in [6.45, 7) is 0.656. The molecule has 20 heavy (non-hydrogen) atoms. The van der Waals surface area contributed by atoms with Gasteiger partial charge < -0.3 is 9.88 Å². The van der Waals surface area contributed by atoms with Gasteiger partial charge in [0, 0.05) is 31.7 Å². The van der Waals surface area contributed by atoms with Crippen molar-refractivity contribution in [2.75, 3.05) is 5.32 Å². The van der Waals surface area contributed by atoms with Crippen LogP contribution in [0.25, 0.3) is 5.69 Å². The minimum absolute atomic E-state index is 0.339. The van der Waals surface area contributed by atoms with Crippen LogP contribution in [0.1, 0.15) is 5.56 Å². The zero-order valence-electron chi connectivity index (χ0n) is 11.0. The molecule has 3 rings (SSSR count). The molecule has 0 fully saturated rings. The van der Waals surface area contributed by atoms with Gasteiger partial charge in [-0.15, -0.1) is 0 Å². The summed E-state index contributed by atoms with van der Waals surface area (Å²) < 4.78 is 17.4. The van der Waals surface area contributed by atoms with Gasteiger partial charge in [0.25, 0.3) is 0 Å². The lowest BCUT2D eigenvalue weighted by Gasteiger charge is -2.08. The first-order chi connectivity index (χ1) is 9.72. The number of anilines is 1. The lowest BCUT2D eigenvalue weighted by Crippen LogP contribution is -2.02. The van der Waals surface area contributed by atoms with Gasteiger partial charge in [-0.1, -0.05) is 0 Å². The van der Waals surface area contributed by atoms with Crippen molar-refractivity contribution in [1.29, 1.82) is 0 Å². The van der Waals surface area contributed by atoms with Crippen LogP contribution < -0.4 is 5.32 Å². The van der Waals surface area contributed by atoms with Gasteiger partial charge in [-0.2, -0.15) is 5.10 Å². The molecule has 2 aromatic heterocycles. The number of hydrogen-bond donors (Lipinski definition) is 1. The lowest BCUT2D eigenvalue weighted by molar-refractivity contribution is 0.611. The average molecular weight is 271 g/mol. The molecule has 0 atom stereocenters. The molecule has 5 nitrogen and oxygen atoms in total. The molecule has 0 amide bonds. The van der Waals surface area contributed by atoms with Crippen LogP contribution in [0.4, 0.5) is 10.1 Å². The Labute approximate surface area is 115 Å². The van der Waals surface area contributed by atoms with Gasteiger partial charge in [0.2, 0.25) is 0 Å². The molecule has 1 N–H and O–H groups in total. The largest absolute Gasteiger partial charge is 0.381 e. The van der Waals surface area contributed by atoms with Crippen molar-refractivity contribution in [3.05, 3.63) is 60.7 Å². The molecule has 102 valence electrons. The van der Waals surface area contributed by atoms with Gasteiger partial charge >= 0.3 is 0 Å². The van der Waals surface area contributed by atoms with Gasteiger partial charge in [-0.05, 0) is 29.8 Å². The molecule has 3 aromatic rings. The first kappa shape index (κ1) is 12.4. The fourth-order valence-corrected chi connectivity index (χ4v) is 2.00. The third-order valence-electron chi connectivity index (χ3n) is 3.00. The summed E-state index contributed by atoms with van der Waals surface area (Å²) in [5.74, 6) is -0.339. The number of hydrogen-bond acceptors (Lipinski definition) is 3. The summed E-state index contributed by atoms with van der Waals surface area (Å²) in [7, 11) is 1.97. The Morgan fingerprint density at radius 1 is 1.30 bits per heavy atom. The number of benzene rings is 1. The Hall–Kier alpha value is -2.63. The van der Waals surface area contributed by atoms with Crippen molar-refractivity contribution in [3.63, 3.8) is 0 Å². The van der Waals surface area contributed by atoms with Gasteiger partial charge in [-0.3, -0.25) is 0 Å². The first-order valence-electron chi connectivity index (χ1n) is 6.21. The fourth-order valence-electron chi connectivity index (χ4n) is 2.00. The van der Waals surface area contributed by atoms with Crippen LogP contribution in [0, 0.1) is 5.82 Å². The molecule has 2 heterocycles. The molecule has 0 radical (unpaired) electrons. The third-order valence-corrected chi connectivity index (χ3v) is 3.00. The van der Waals surface area contributed by atoms with Crippen LogP contribution in [0.15, 0.2) is 49.3 Å². The minimum atomic E-state index is -0.339. The molecule has 0 aliphatic rings. The van der Waals surface area contributed by atoms with E-state index in [1.54, 1.807) is 6.07 Å². The summed E-state index contributed by atoms with van der Waals surface area (Å²) in [5.41, 5.74) is 2.26. The van der Waals surface area contributed by atoms with E-state index in [0.717, 1.165) is 11.3 Å². The topological polar surface area (TPSA) is 47.7 Å². The molecule has 0 saturated carbocycles. The van der Waals surface area contributed by atoms with Crippen molar-refractivity contribution in [2.24, 2.45) is 7.05 Å². The Kier molecular flexibility index (Phi) is 3.20. The van der Waals surface area contributed by atoms with Crippen molar-refractivity contribution >= 4 is 5.69 Å². The van der Waals surface area contributed by atoms with Crippen LogP contribution in [0.2, 0.25) is 0 Å². The Morgan fingerprint density at radius 3 is 2.85 bits per heavy atom. The maximum atomic E-state index is 14.0. The SMILES string of the molecule is Cn1ccc(CNc2ccc(-n3cncn3)c(F)c2)c1. The third kappa shape index (κ3) is 2.54. The molecule has 0 bridgehead atoms. The molecule has 0 saturated heterocycles. The van der Waals surface area contributed by atoms with Gasteiger partial charge in [0.05, 0.1) is 0 Å². The van der Waals surface area contributed by atoms with Crippen molar-refractivity contribution in [1.82, 2.24) is 19.3 Å². The van der Waals surface area contributed by atoms with Crippen LogP contribution in [-0.4, -0.2) is 19.3 Å². The van der Waals surface area contributed by atoms with Gasteiger partial charge in [-0.25, -0.2) is 14.1 Å². The number of nitrogens with one attached hydrogen (secondary N) is 1. The van der Waals surface area contributed by atoms with Crippen LogP contribution in [-0.2, 0) is 13.6 Å². The molecule has 1 aromatic carbocycles. The smallest absolute Gasteiger partial charge is 0.150 e. The maximum absolute atomic E-state index is 14.0. The summed E-state index contributed by atoms with van der Waals surface area (Å²) in [6, 6.07) is 6.98. The second-order valence-electron chi connectivity index (χ2n) is 4.55. The van der Waals surface area contributed by atoms with Crippen LogP contribution in [0.5, 0.6) is 0 Å². The maximum Gasteiger partial charge on any atom is 0.150 e. The van der Waals surface area contributed by atoms with E-state index in [1.165, 1.54) is 23.4 Å². The Bertz CT molecular complexity index is 702. The molecule has 0 unspecified atom stereocenters. The Morgan fingerprint density at radius 2 is 2.20 bits per heavy atom. The van der Waals surface area contributed by atoms with E-state index in [9.17, 15) is 4.39 Å². The monoisotopic (exact) mass is 271 g/mol. The highest BCUT2D eigenvalue weighted by Crippen LogP contribution is 2.18. The summed E-state index contributed by atoms with van der Waals surface area (Å²) in [4.78, 5) is 3.81. The van der Waals surface area contributed by atoms with Gasteiger partial charge in [0.1, 0.15) is 18.3 Å². The quantitative estimate of drug-likeness (QED) is 0.792. The summed E-state index contributed by atoms with van der Waals surface area (Å²) in [6.07, 6.45) is 6.84. The van der Waals surface area contributed by atoms with E-state index < -0.39 is 0 Å². The van der Waals surface area contributed by atoms with E-state index in [-0.39, 0.29) is 5.82 Å². The van der Waals surface area contributed by atoms with E-state index in [0.29, 0.717) is 12.2 Å². The molecular formula is C14H14FN5. The molecule has 6 heteroatoms. The highest BCUT2D eigenvalue weighted by molar-refractivity contribution is 5.49. The number of aromatic nitrogens is 4. The van der Waals surface area contributed by atoms with E-state index in [4.69, 9.17) is 0 Å². The van der Waals surface area contributed by atoms with Crippen LogP contribution in [0.3, 0.4) is 0 Å². The predicted molar refractivity (Wildman–Crippen MR) is 74.1 cm³/mol. The van der Waals surface area contributed by atoms with Crippen LogP contribution >= 0.6 is 0 Å². The number of halogens is 1. The molecule has 0 spiro atoms. The highest BCUT2D eigenvalue weighted by atomic mass is 19.1. The lowest BCUT2D eigenvalue weighted by atomic mass is 10.2. The normalized spacial score (nSPS) is 10.7. The molecular weight excluding hydrogens is 257 g/mol. The zero-order valence-corrected chi connectivity index (χ0v) is 11.0. The first-order valence-corrected chi connectivity index (χ1v) is 6.21. The number of aryl methyl sites for hydroxylation is 1. The number of nitrogens with zero attached hydrogens (tertiary/aromatic N) is 4. The summed E-state index contributed by atoms with van der Waals surface area (Å²) in [5, 5.41) is 7.10. The second-order valence-corrected chi connectivity index (χ2v) is 4.55. The predicted octanol–water partition coefficient (Wildman–Crippen LogP) is 2.36.